The van der Waals surface area contributed by atoms with Gasteiger partial charge in [-0.15, -0.1) is 0 Å². The molecule has 1 aliphatic heterocycles. The first-order valence-corrected chi connectivity index (χ1v) is 9.79. The topological polar surface area (TPSA) is 95.4 Å². The smallest absolute Gasteiger partial charge is 0.274 e. The zero-order valence-electron chi connectivity index (χ0n) is 15.5. The van der Waals surface area contributed by atoms with Gasteiger partial charge in [-0.1, -0.05) is 11.6 Å². The van der Waals surface area contributed by atoms with Crippen LogP contribution in [-0.2, 0) is 0 Å². The minimum Gasteiger partial charge on any atom is -0.391 e. The summed E-state index contributed by atoms with van der Waals surface area (Å²) in [5.41, 5.74) is 0.438. The molecular formula is C20H20ClFN4O3. The first-order valence-electron chi connectivity index (χ1n) is 9.41. The van der Waals surface area contributed by atoms with Gasteiger partial charge in [0.05, 0.1) is 23.4 Å². The lowest BCUT2D eigenvalue weighted by Crippen LogP contribution is -2.49. The van der Waals surface area contributed by atoms with E-state index in [9.17, 15) is 19.1 Å². The highest BCUT2D eigenvalue weighted by atomic mass is 35.5. The van der Waals surface area contributed by atoms with Crippen molar-refractivity contribution in [1.29, 1.82) is 0 Å². The van der Waals surface area contributed by atoms with Gasteiger partial charge in [0.1, 0.15) is 11.5 Å². The molecule has 0 bridgehead atoms. The summed E-state index contributed by atoms with van der Waals surface area (Å²) in [4.78, 5) is 34.8. The molecule has 1 aromatic carbocycles. The van der Waals surface area contributed by atoms with Crippen LogP contribution in [0.4, 0.5) is 4.39 Å². The maximum absolute atomic E-state index is 13.6. The standard InChI is InChI=1S/C20H20ClFN4O3/c21-14-2-1-11(5-15(14)22)19(28)25-16-6-12-9-26(10-13(12)7-18(16)27)20(29)17-8-23-3-4-24-17/h1-5,8,12-13,16,18,27H,6-7,9-10H2,(H,25,28)/t12-,13+,16-,18-/m0/s1. The van der Waals surface area contributed by atoms with E-state index in [0.29, 0.717) is 31.6 Å². The summed E-state index contributed by atoms with van der Waals surface area (Å²) in [6, 6.07) is 3.38. The van der Waals surface area contributed by atoms with E-state index in [2.05, 4.69) is 15.3 Å². The van der Waals surface area contributed by atoms with E-state index in [1.54, 1.807) is 4.90 Å². The minimum absolute atomic E-state index is 0.0547. The van der Waals surface area contributed by atoms with Gasteiger partial charge in [0, 0.05) is 31.0 Å². The summed E-state index contributed by atoms with van der Waals surface area (Å²) in [6.07, 6.45) is 4.71. The van der Waals surface area contributed by atoms with Gasteiger partial charge in [0.25, 0.3) is 11.8 Å². The molecule has 7 nitrogen and oxygen atoms in total. The zero-order chi connectivity index (χ0) is 20.5. The van der Waals surface area contributed by atoms with Gasteiger partial charge >= 0.3 is 0 Å². The lowest BCUT2D eigenvalue weighted by molar-refractivity contribution is 0.0461. The second-order valence-corrected chi connectivity index (χ2v) is 7.98. The van der Waals surface area contributed by atoms with Crippen molar-refractivity contribution in [3.8, 4) is 0 Å². The van der Waals surface area contributed by atoms with E-state index in [4.69, 9.17) is 11.6 Å². The van der Waals surface area contributed by atoms with Crippen LogP contribution in [0.5, 0.6) is 0 Å². The van der Waals surface area contributed by atoms with Gasteiger partial charge in [0.2, 0.25) is 0 Å². The van der Waals surface area contributed by atoms with Crippen LogP contribution in [0.1, 0.15) is 33.7 Å². The SMILES string of the molecule is O=C(N[C@H]1C[C@H]2CN(C(=O)c3cnccn3)C[C@H]2C[C@@H]1O)c1ccc(Cl)c(F)c1. The lowest BCUT2D eigenvalue weighted by Gasteiger charge is -2.35. The van der Waals surface area contributed by atoms with Gasteiger partial charge in [-0.05, 0) is 42.9 Å². The average Bonchev–Trinajstić information content (AvgIpc) is 3.13. The number of aliphatic hydroxyl groups is 1. The first-order chi connectivity index (χ1) is 13.9. The van der Waals surface area contributed by atoms with Gasteiger partial charge in [-0.25, -0.2) is 9.37 Å². The molecule has 1 aliphatic carbocycles. The van der Waals surface area contributed by atoms with Crippen molar-refractivity contribution in [2.45, 2.75) is 25.0 Å². The molecule has 2 aliphatic rings. The molecule has 9 heteroatoms. The molecule has 1 saturated heterocycles. The summed E-state index contributed by atoms with van der Waals surface area (Å²) in [5, 5.41) is 13.3. The second-order valence-electron chi connectivity index (χ2n) is 7.57. The number of aliphatic hydroxyl groups excluding tert-OH is 1. The number of likely N-dealkylation sites (tertiary alicyclic amines) is 1. The zero-order valence-corrected chi connectivity index (χ0v) is 16.2. The Morgan fingerprint density at radius 2 is 1.97 bits per heavy atom. The molecular weight excluding hydrogens is 399 g/mol. The maximum Gasteiger partial charge on any atom is 0.274 e. The Kier molecular flexibility index (Phi) is 5.47. The number of carbonyl (C=O) groups excluding carboxylic acids is 2. The molecule has 0 unspecified atom stereocenters. The van der Waals surface area contributed by atoms with Gasteiger partial charge in [-0.2, -0.15) is 0 Å². The molecule has 4 atom stereocenters. The molecule has 2 aromatic rings. The van der Waals surface area contributed by atoms with E-state index in [1.807, 2.05) is 0 Å². The fraction of sp³-hybridized carbons (Fsp3) is 0.400. The molecule has 4 rings (SSSR count). The molecule has 29 heavy (non-hydrogen) atoms. The van der Waals surface area contributed by atoms with E-state index in [1.165, 1.54) is 30.7 Å². The Bertz CT molecular complexity index is 929. The third-order valence-corrected chi connectivity index (χ3v) is 6.02. The number of carbonyl (C=O) groups is 2. The number of halogens is 2. The van der Waals surface area contributed by atoms with Crippen LogP contribution in [0.3, 0.4) is 0 Å². The molecule has 2 N–H and O–H groups in total. The van der Waals surface area contributed by atoms with Crippen LogP contribution in [0.25, 0.3) is 0 Å². The summed E-state index contributed by atoms with van der Waals surface area (Å²) in [6.45, 7) is 1.08. The number of hydrogen-bond donors (Lipinski definition) is 2. The number of aromatic nitrogens is 2. The second kappa shape index (κ2) is 8.04. The average molecular weight is 419 g/mol. The van der Waals surface area contributed by atoms with Crippen molar-refractivity contribution in [2.75, 3.05) is 13.1 Å². The summed E-state index contributed by atoms with van der Waals surface area (Å²) in [5.74, 6) is -0.997. The fourth-order valence-corrected chi connectivity index (χ4v) is 4.33. The van der Waals surface area contributed by atoms with Crippen molar-refractivity contribution in [3.63, 3.8) is 0 Å². The van der Waals surface area contributed by atoms with Crippen LogP contribution in [0, 0.1) is 17.7 Å². The van der Waals surface area contributed by atoms with Gasteiger partial charge in [-0.3, -0.25) is 14.6 Å². The Balaban J connectivity index is 1.41. The highest BCUT2D eigenvalue weighted by Gasteiger charge is 2.43. The Morgan fingerprint density at radius 1 is 1.21 bits per heavy atom. The molecule has 2 heterocycles. The third kappa shape index (κ3) is 4.09. The monoisotopic (exact) mass is 418 g/mol. The van der Waals surface area contributed by atoms with Crippen LogP contribution < -0.4 is 5.32 Å². The van der Waals surface area contributed by atoms with Crippen LogP contribution in [-0.4, -0.2) is 57.0 Å². The number of nitrogens with one attached hydrogen (secondary N) is 1. The number of rotatable bonds is 3. The molecule has 1 aromatic heterocycles. The van der Waals surface area contributed by atoms with E-state index in [0.717, 1.165) is 6.07 Å². The number of nitrogens with zero attached hydrogens (tertiary/aromatic N) is 3. The first kappa shape index (κ1) is 19.7. The highest BCUT2D eigenvalue weighted by Crippen LogP contribution is 2.37. The molecule has 2 fully saturated rings. The van der Waals surface area contributed by atoms with E-state index in [-0.39, 0.29) is 28.3 Å². The normalized spacial score (nSPS) is 26.1. The minimum atomic E-state index is -0.732. The van der Waals surface area contributed by atoms with Crippen LogP contribution >= 0.6 is 11.6 Å². The van der Waals surface area contributed by atoms with Crippen LogP contribution in [0.2, 0.25) is 5.02 Å². The lowest BCUT2D eigenvalue weighted by atomic mass is 9.77. The van der Waals surface area contributed by atoms with Crippen molar-refractivity contribution >= 4 is 23.4 Å². The number of hydrogen-bond acceptors (Lipinski definition) is 5. The third-order valence-electron chi connectivity index (χ3n) is 5.71. The number of amides is 2. The molecule has 1 saturated carbocycles. The number of fused-ring (bicyclic) bond motifs is 1. The number of benzene rings is 1. The molecule has 152 valence electrons. The molecule has 0 radical (unpaired) electrons. The maximum atomic E-state index is 13.6. The van der Waals surface area contributed by atoms with E-state index < -0.39 is 23.9 Å². The summed E-state index contributed by atoms with van der Waals surface area (Å²) < 4.78 is 13.6. The van der Waals surface area contributed by atoms with Gasteiger partial charge in [0.15, 0.2) is 0 Å². The molecule has 0 spiro atoms. The Labute approximate surface area is 171 Å². The van der Waals surface area contributed by atoms with E-state index >= 15 is 0 Å². The summed E-state index contributed by atoms with van der Waals surface area (Å²) in [7, 11) is 0. The van der Waals surface area contributed by atoms with Gasteiger partial charge < -0.3 is 15.3 Å². The summed E-state index contributed by atoms with van der Waals surface area (Å²) >= 11 is 5.66. The molecule has 2 amide bonds. The van der Waals surface area contributed by atoms with Crippen molar-refractivity contribution < 1.29 is 19.1 Å². The predicted octanol–water partition coefficient (Wildman–Crippen LogP) is 1.91. The van der Waals surface area contributed by atoms with Crippen molar-refractivity contribution in [1.82, 2.24) is 20.2 Å². The fourth-order valence-electron chi connectivity index (χ4n) is 4.21. The Morgan fingerprint density at radius 3 is 2.66 bits per heavy atom. The quantitative estimate of drug-likeness (QED) is 0.793. The predicted molar refractivity (Wildman–Crippen MR) is 103 cm³/mol. The van der Waals surface area contributed by atoms with Crippen LogP contribution in [0.15, 0.2) is 36.8 Å². The Hall–Kier alpha value is -2.58. The highest BCUT2D eigenvalue weighted by molar-refractivity contribution is 6.30. The van der Waals surface area contributed by atoms with Crippen molar-refractivity contribution in [2.24, 2.45) is 11.8 Å². The van der Waals surface area contributed by atoms with Crippen molar-refractivity contribution in [3.05, 3.63) is 58.9 Å². The largest absolute Gasteiger partial charge is 0.391 e.